The second kappa shape index (κ2) is 6.57. The van der Waals surface area contributed by atoms with Crippen molar-refractivity contribution in [2.45, 2.75) is 0 Å². The van der Waals surface area contributed by atoms with Gasteiger partial charge in [0.15, 0.2) is 5.13 Å². The third-order valence-electron chi connectivity index (χ3n) is 5.03. The summed E-state index contributed by atoms with van der Waals surface area (Å²) in [6.45, 7) is 0. The van der Waals surface area contributed by atoms with Crippen LogP contribution in [-0.2, 0) is 0 Å². The third-order valence-corrected chi connectivity index (χ3v) is 5.91. The van der Waals surface area contributed by atoms with Gasteiger partial charge in [-0.2, -0.15) is 9.49 Å². The molecular formula is C22H13FN6S. The van der Waals surface area contributed by atoms with Crippen molar-refractivity contribution in [2.24, 2.45) is 0 Å². The minimum atomic E-state index is -0.228. The molecule has 8 heteroatoms. The fraction of sp³-hybridized carbons (Fsp3) is 0. The lowest BCUT2D eigenvalue weighted by Crippen LogP contribution is -1.84. The van der Waals surface area contributed by atoms with E-state index in [4.69, 9.17) is 0 Å². The van der Waals surface area contributed by atoms with Gasteiger partial charge in [0.05, 0.1) is 33.7 Å². The highest BCUT2D eigenvalue weighted by Crippen LogP contribution is 2.35. The molecule has 0 saturated carbocycles. The molecule has 0 aliphatic heterocycles. The van der Waals surface area contributed by atoms with Gasteiger partial charge in [-0.3, -0.25) is 20.1 Å². The Morgan fingerprint density at radius 1 is 0.833 bits per heavy atom. The Kier molecular flexibility index (Phi) is 3.72. The number of nitrogens with one attached hydrogen (secondary N) is 2. The number of fused-ring (bicyclic) bond motifs is 2. The van der Waals surface area contributed by atoms with Gasteiger partial charge in [0.2, 0.25) is 0 Å². The van der Waals surface area contributed by atoms with Crippen LogP contribution in [0.5, 0.6) is 0 Å². The number of halogens is 1. The lowest BCUT2D eigenvalue weighted by molar-refractivity contribution is 0.657. The zero-order valence-corrected chi connectivity index (χ0v) is 16.2. The Bertz CT molecular complexity index is 1520. The molecule has 6 heterocycles. The zero-order chi connectivity index (χ0) is 20.1. The molecule has 6 rings (SSSR count). The van der Waals surface area contributed by atoms with Gasteiger partial charge in [0, 0.05) is 40.4 Å². The Hall–Kier alpha value is -3.91. The van der Waals surface area contributed by atoms with Crippen LogP contribution in [-0.4, -0.2) is 30.1 Å². The van der Waals surface area contributed by atoms with Crippen molar-refractivity contribution >= 4 is 33.1 Å². The summed E-state index contributed by atoms with van der Waals surface area (Å²) >= 11 is 1.09. The zero-order valence-electron chi connectivity index (χ0n) is 15.4. The second-order valence-electron chi connectivity index (χ2n) is 6.83. The maximum absolute atomic E-state index is 13.6. The normalized spacial score (nSPS) is 11.5. The van der Waals surface area contributed by atoms with E-state index < -0.39 is 0 Å². The number of H-pyrrole nitrogens is 2. The molecule has 0 aromatic carbocycles. The van der Waals surface area contributed by atoms with Gasteiger partial charge in [-0.25, -0.2) is 0 Å². The fourth-order valence-electron chi connectivity index (χ4n) is 3.62. The maximum Gasteiger partial charge on any atom is 0.177 e. The first kappa shape index (κ1) is 17.0. The molecule has 0 radical (unpaired) electrons. The topological polar surface area (TPSA) is 83.1 Å². The van der Waals surface area contributed by atoms with E-state index in [9.17, 15) is 4.39 Å². The molecule has 0 amide bonds. The van der Waals surface area contributed by atoms with Crippen molar-refractivity contribution in [2.75, 3.05) is 0 Å². The molecule has 2 N–H and O–H groups in total. The summed E-state index contributed by atoms with van der Waals surface area (Å²) in [7, 11) is 0. The smallest absolute Gasteiger partial charge is 0.177 e. The molecule has 0 unspecified atom stereocenters. The summed E-state index contributed by atoms with van der Waals surface area (Å²) in [5, 5.41) is 9.22. The van der Waals surface area contributed by atoms with E-state index in [1.807, 2.05) is 30.3 Å². The van der Waals surface area contributed by atoms with Gasteiger partial charge in [-0.15, -0.1) is 11.3 Å². The van der Waals surface area contributed by atoms with E-state index in [0.29, 0.717) is 0 Å². The predicted octanol–water partition coefficient (Wildman–Crippen LogP) is 5.43. The van der Waals surface area contributed by atoms with Crippen LogP contribution in [0.1, 0.15) is 0 Å². The molecule has 0 bridgehead atoms. The largest absolute Gasteiger partial charge is 0.353 e. The van der Waals surface area contributed by atoms with Crippen LogP contribution >= 0.6 is 11.3 Å². The molecule has 144 valence electrons. The quantitative estimate of drug-likeness (QED) is 0.406. The van der Waals surface area contributed by atoms with Gasteiger partial charge in [0.1, 0.15) is 5.69 Å². The first-order valence-electron chi connectivity index (χ1n) is 9.24. The molecule has 30 heavy (non-hydrogen) atoms. The second-order valence-corrected chi connectivity index (χ2v) is 7.86. The number of nitrogens with zero attached hydrogens (tertiary/aromatic N) is 4. The third kappa shape index (κ3) is 2.69. The molecule has 0 aliphatic rings. The van der Waals surface area contributed by atoms with Crippen molar-refractivity contribution < 1.29 is 4.39 Å². The SMILES string of the molecule is Fc1ccc(-c2nccc3[nH]c(-c4n[nH]c5cnc(-c6ccncc6)cc45)cc23)s1. The number of pyridine rings is 3. The van der Waals surface area contributed by atoms with Crippen molar-refractivity contribution in [3.05, 3.63) is 72.4 Å². The van der Waals surface area contributed by atoms with Crippen LogP contribution in [0.15, 0.2) is 67.3 Å². The molecule has 6 aromatic heterocycles. The number of aromatic nitrogens is 6. The van der Waals surface area contributed by atoms with E-state index >= 15 is 0 Å². The Labute approximate surface area is 173 Å². The van der Waals surface area contributed by atoms with Crippen molar-refractivity contribution in [1.29, 1.82) is 0 Å². The molecular weight excluding hydrogens is 399 g/mol. The number of thiophene rings is 1. The first-order valence-corrected chi connectivity index (χ1v) is 10.1. The number of rotatable bonds is 3. The molecule has 6 nitrogen and oxygen atoms in total. The minimum Gasteiger partial charge on any atom is -0.353 e. The summed E-state index contributed by atoms with van der Waals surface area (Å²) in [5.41, 5.74) is 6.00. The number of aromatic amines is 2. The Morgan fingerprint density at radius 3 is 2.53 bits per heavy atom. The van der Waals surface area contributed by atoms with Crippen molar-refractivity contribution in [3.8, 4) is 33.2 Å². The summed E-state index contributed by atoms with van der Waals surface area (Å²) in [4.78, 5) is 17.3. The highest BCUT2D eigenvalue weighted by molar-refractivity contribution is 7.13. The lowest BCUT2D eigenvalue weighted by Gasteiger charge is -2.00. The van der Waals surface area contributed by atoms with Crippen LogP contribution in [0.4, 0.5) is 4.39 Å². The standard InChI is InChI=1S/C22H13FN6S/c23-20-2-1-19(30-20)22-13-10-17(27-15(13)5-8-25-22)21-14-9-16(12-3-6-24-7-4-12)26-11-18(14)28-29-21/h1-11,27H,(H,28,29). The number of hydrogen-bond donors (Lipinski definition) is 2. The molecule has 0 atom stereocenters. The fourth-order valence-corrected chi connectivity index (χ4v) is 4.36. The van der Waals surface area contributed by atoms with Gasteiger partial charge in [0.25, 0.3) is 0 Å². The molecule has 0 aliphatic carbocycles. The van der Waals surface area contributed by atoms with E-state index in [1.165, 1.54) is 6.07 Å². The van der Waals surface area contributed by atoms with Crippen LogP contribution in [0.3, 0.4) is 0 Å². The molecule has 6 aromatic rings. The van der Waals surface area contributed by atoms with E-state index in [-0.39, 0.29) is 5.13 Å². The van der Waals surface area contributed by atoms with Crippen molar-refractivity contribution in [1.82, 2.24) is 30.1 Å². The highest BCUT2D eigenvalue weighted by atomic mass is 32.1. The van der Waals surface area contributed by atoms with E-state index in [2.05, 4.69) is 30.1 Å². The molecule has 0 fully saturated rings. The summed E-state index contributed by atoms with van der Waals surface area (Å²) in [6, 6.07) is 13.0. The van der Waals surface area contributed by atoms with Crippen LogP contribution in [0, 0.1) is 5.13 Å². The van der Waals surface area contributed by atoms with Crippen LogP contribution in [0.2, 0.25) is 0 Å². The summed E-state index contributed by atoms with van der Waals surface area (Å²) < 4.78 is 13.6. The average Bonchev–Trinajstić information content (AvgIpc) is 3.51. The van der Waals surface area contributed by atoms with Crippen LogP contribution in [0.25, 0.3) is 55.0 Å². The van der Waals surface area contributed by atoms with E-state index in [1.54, 1.807) is 30.9 Å². The predicted molar refractivity (Wildman–Crippen MR) is 115 cm³/mol. The molecule has 0 spiro atoms. The average molecular weight is 412 g/mol. The minimum absolute atomic E-state index is 0.228. The van der Waals surface area contributed by atoms with Crippen molar-refractivity contribution in [3.63, 3.8) is 0 Å². The van der Waals surface area contributed by atoms with E-state index in [0.717, 1.165) is 66.4 Å². The van der Waals surface area contributed by atoms with Gasteiger partial charge in [-0.1, -0.05) is 0 Å². The monoisotopic (exact) mass is 412 g/mol. The highest BCUT2D eigenvalue weighted by Gasteiger charge is 2.16. The van der Waals surface area contributed by atoms with Crippen LogP contribution < -0.4 is 0 Å². The Morgan fingerprint density at radius 2 is 1.70 bits per heavy atom. The summed E-state index contributed by atoms with van der Waals surface area (Å²) in [5.74, 6) is 0. The van der Waals surface area contributed by atoms with Gasteiger partial charge >= 0.3 is 0 Å². The van der Waals surface area contributed by atoms with Gasteiger partial charge in [-0.05, 0) is 42.5 Å². The summed E-state index contributed by atoms with van der Waals surface area (Å²) in [6.07, 6.45) is 7.00. The maximum atomic E-state index is 13.6. The van der Waals surface area contributed by atoms with Gasteiger partial charge < -0.3 is 4.98 Å². The molecule has 0 saturated heterocycles. The first-order chi connectivity index (χ1) is 14.8. The number of hydrogen-bond acceptors (Lipinski definition) is 5. The Balaban J connectivity index is 1.52. The lowest BCUT2D eigenvalue weighted by atomic mass is 10.1.